The fourth-order valence-corrected chi connectivity index (χ4v) is 4.77. The summed E-state index contributed by atoms with van der Waals surface area (Å²) in [6.45, 7) is 2.04. The third-order valence-electron chi connectivity index (χ3n) is 4.29. The predicted molar refractivity (Wildman–Crippen MR) is 86.4 cm³/mol. The third-order valence-corrected chi connectivity index (χ3v) is 6.65. The summed E-state index contributed by atoms with van der Waals surface area (Å²) in [5.74, 6) is 0.238. The van der Waals surface area contributed by atoms with E-state index in [0.29, 0.717) is 6.42 Å². The van der Waals surface area contributed by atoms with Gasteiger partial charge < -0.3 is 5.73 Å². The van der Waals surface area contributed by atoms with Crippen LogP contribution in [0.2, 0.25) is 0 Å². The Morgan fingerprint density at radius 3 is 2.70 bits per heavy atom. The Morgan fingerprint density at radius 1 is 1.35 bits per heavy atom. The largest absolute Gasteiger partial charge is 0.324 e. The second-order valence-corrected chi connectivity index (χ2v) is 9.11. The van der Waals surface area contributed by atoms with Crippen LogP contribution in [0.3, 0.4) is 0 Å². The van der Waals surface area contributed by atoms with E-state index in [0.717, 1.165) is 29.3 Å². The first-order valence-corrected chi connectivity index (χ1v) is 9.74. The molecule has 2 rings (SSSR count). The van der Waals surface area contributed by atoms with Gasteiger partial charge in [0.25, 0.3) is 0 Å². The van der Waals surface area contributed by atoms with Gasteiger partial charge in [0.05, 0.1) is 5.25 Å². The van der Waals surface area contributed by atoms with Crippen LogP contribution in [0.4, 0.5) is 0 Å². The van der Waals surface area contributed by atoms with E-state index < -0.39 is 9.84 Å². The van der Waals surface area contributed by atoms with Gasteiger partial charge in [0, 0.05) is 16.8 Å². The van der Waals surface area contributed by atoms with E-state index in [1.165, 1.54) is 11.8 Å². The highest BCUT2D eigenvalue weighted by atomic mass is 79.9. The first kappa shape index (κ1) is 16.0. The van der Waals surface area contributed by atoms with Crippen LogP contribution in [-0.2, 0) is 9.84 Å². The zero-order valence-corrected chi connectivity index (χ0v) is 14.4. The smallest absolute Gasteiger partial charge is 0.150 e. The molecule has 2 N–H and O–H groups in total. The average Bonchev–Trinajstić information content (AvgIpc) is 2.40. The molecule has 0 amide bonds. The van der Waals surface area contributed by atoms with Crippen LogP contribution in [0, 0.1) is 12.8 Å². The second-order valence-electron chi connectivity index (χ2n) is 5.93. The molecule has 3 nitrogen and oxygen atoms in total. The third kappa shape index (κ3) is 3.62. The zero-order chi connectivity index (χ0) is 14.9. The molecule has 1 aromatic rings. The van der Waals surface area contributed by atoms with Crippen LogP contribution in [0.25, 0.3) is 0 Å². The summed E-state index contributed by atoms with van der Waals surface area (Å²) in [6, 6.07) is 6.05. The maximum Gasteiger partial charge on any atom is 0.150 e. The van der Waals surface area contributed by atoms with Crippen molar-refractivity contribution in [3.8, 4) is 0 Å². The second kappa shape index (κ2) is 6.16. The Bertz CT molecular complexity index is 586. The Labute approximate surface area is 130 Å². The van der Waals surface area contributed by atoms with Gasteiger partial charge in [-0.2, -0.15) is 0 Å². The molecule has 0 saturated heterocycles. The first-order chi connectivity index (χ1) is 9.29. The molecule has 0 spiro atoms. The van der Waals surface area contributed by atoms with Crippen molar-refractivity contribution in [2.75, 3.05) is 6.26 Å². The molecule has 5 heteroatoms. The Balaban J connectivity index is 2.20. The molecule has 0 aromatic heterocycles. The van der Waals surface area contributed by atoms with Crippen LogP contribution in [0.15, 0.2) is 22.7 Å². The summed E-state index contributed by atoms with van der Waals surface area (Å²) >= 11 is 3.55. The van der Waals surface area contributed by atoms with Gasteiger partial charge in [-0.3, -0.25) is 0 Å². The van der Waals surface area contributed by atoms with Gasteiger partial charge in [-0.15, -0.1) is 0 Å². The summed E-state index contributed by atoms with van der Waals surface area (Å²) in [4.78, 5) is 0. The number of benzene rings is 1. The van der Waals surface area contributed by atoms with Gasteiger partial charge in [-0.05, 0) is 43.7 Å². The number of rotatable bonds is 3. The molecule has 0 aliphatic heterocycles. The van der Waals surface area contributed by atoms with Crippen molar-refractivity contribution >= 4 is 25.8 Å². The molecule has 0 radical (unpaired) electrons. The van der Waals surface area contributed by atoms with Crippen molar-refractivity contribution in [1.29, 1.82) is 0 Å². The van der Waals surface area contributed by atoms with Crippen LogP contribution >= 0.6 is 15.9 Å². The summed E-state index contributed by atoms with van der Waals surface area (Å²) in [6.07, 6.45) is 4.75. The highest BCUT2D eigenvalue weighted by molar-refractivity contribution is 9.10. The minimum absolute atomic E-state index is 0.103. The van der Waals surface area contributed by atoms with E-state index in [4.69, 9.17) is 5.73 Å². The van der Waals surface area contributed by atoms with Crippen molar-refractivity contribution in [2.24, 2.45) is 11.7 Å². The Kier molecular flexibility index (Phi) is 4.92. The lowest BCUT2D eigenvalue weighted by atomic mass is 9.81. The van der Waals surface area contributed by atoms with Gasteiger partial charge in [-0.1, -0.05) is 40.0 Å². The molecule has 0 heterocycles. The maximum atomic E-state index is 11.8. The lowest BCUT2D eigenvalue weighted by Crippen LogP contribution is -2.33. The van der Waals surface area contributed by atoms with Crippen LogP contribution in [-0.4, -0.2) is 19.9 Å². The van der Waals surface area contributed by atoms with Crippen LogP contribution in [0.1, 0.15) is 42.9 Å². The highest BCUT2D eigenvalue weighted by Crippen LogP contribution is 2.37. The number of aryl methyl sites for hydroxylation is 1. The SMILES string of the molecule is Cc1ccc(Br)c(C(N)C2CCCC(S(C)(=O)=O)C2)c1. The van der Waals surface area contributed by atoms with E-state index in [2.05, 4.69) is 22.0 Å². The first-order valence-electron chi connectivity index (χ1n) is 6.99. The minimum Gasteiger partial charge on any atom is -0.324 e. The van der Waals surface area contributed by atoms with Gasteiger partial charge >= 0.3 is 0 Å². The van der Waals surface area contributed by atoms with Crippen LogP contribution < -0.4 is 5.73 Å². The standard InChI is InChI=1S/C15H22BrNO2S/c1-10-6-7-14(16)13(8-10)15(17)11-4-3-5-12(9-11)20(2,18)19/h6-8,11-12,15H,3-5,9,17H2,1-2H3. The van der Waals surface area contributed by atoms with E-state index in [9.17, 15) is 8.42 Å². The molecule has 20 heavy (non-hydrogen) atoms. The molecule has 3 unspecified atom stereocenters. The number of halogens is 1. The quantitative estimate of drug-likeness (QED) is 0.899. The average molecular weight is 360 g/mol. The summed E-state index contributed by atoms with van der Waals surface area (Å²) in [5, 5.41) is -0.226. The summed E-state index contributed by atoms with van der Waals surface area (Å²) in [7, 11) is -2.96. The van der Waals surface area contributed by atoms with Gasteiger partial charge in [0.15, 0.2) is 0 Å². The monoisotopic (exact) mass is 359 g/mol. The minimum atomic E-state index is -2.96. The molecule has 3 atom stereocenters. The Hall–Kier alpha value is -0.390. The van der Waals surface area contributed by atoms with Crippen molar-refractivity contribution in [3.63, 3.8) is 0 Å². The molecular weight excluding hydrogens is 338 g/mol. The molecule has 112 valence electrons. The zero-order valence-electron chi connectivity index (χ0n) is 12.0. The van der Waals surface area contributed by atoms with Crippen LogP contribution in [0.5, 0.6) is 0 Å². The number of nitrogens with two attached hydrogens (primary N) is 1. The van der Waals surface area contributed by atoms with Gasteiger partial charge in [-0.25, -0.2) is 8.42 Å². The lowest BCUT2D eigenvalue weighted by Gasteiger charge is -2.32. The topological polar surface area (TPSA) is 60.2 Å². The molecule has 1 saturated carbocycles. The fourth-order valence-electron chi connectivity index (χ4n) is 3.07. The molecule has 1 aliphatic rings. The van der Waals surface area contributed by atoms with Crippen molar-refractivity contribution < 1.29 is 8.42 Å². The Morgan fingerprint density at radius 2 is 2.05 bits per heavy atom. The molecule has 1 aromatic carbocycles. The highest BCUT2D eigenvalue weighted by Gasteiger charge is 2.32. The van der Waals surface area contributed by atoms with Crippen molar-refractivity contribution in [1.82, 2.24) is 0 Å². The summed E-state index contributed by atoms with van der Waals surface area (Å²) < 4.78 is 24.5. The van der Waals surface area contributed by atoms with E-state index in [-0.39, 0.29) is 17.2 Å². The molecular formula is C15H22BrNO2S. The molecule has 0 bridgehead atoms. The number of hydrogen-bond acceptors (Lipinski definition) is 3. The number of hydrogen-bond donors (Lipinski definition) is 1. The lowest BCUT2D eigenvalue weighted by molar-refractivity contribution is 0.308. The van der Waals surface area contributed by atoms with Gasteiger partial charge in [0.1, 0.15) is 9.84 Å². The van der Waals surface area contributed by atoms with E-state index in [1.807, 2.05) is 19.1 Å². The van der Waals surface area contributed by atoms with E-state index >= 15 is 0 Å². The normalized spacial score (nSPS) is 25.4. The van der Waals surface area contributed by atoms with Crippen molar-refractivity contribution in [2.45, 2.75) is 43.9 Å². The molecule has 1 fully saturated rings. The van der Waals surface area contributed by atoms with Gasteiger partial charge in [0.2, 0.25) is 0 Å². The summed E-state index contributed by atoms with van der Waals surface area (Å²) in [5.41, 5.74) is 8.68. The van der Waals surface area contributed by atoms with Crippen molar-refractivity contribution in [3.05, 3.63) is 33.8 Å². The maximum absolute atomic E-state index is 11.8. The fraction of sp³-hybridized carbons (Fsp3) is 0.600. The molecule has 1 aliphatic carbocycles. The van der Waals surface area contributed by atoms with E-state index in [1.54, 1.807) is 0 Å². The predicted octanol–water partition coefficient (Wildman–Crippen LogP) is 3.36. The number of sulfone groups is 1.